The first kappa shape index (κ1) is 19.6. The average Bonchev–Trinajstić information content (AvgIpc) is 3.25. The number of benzene rings is 3. The number of ether oxygens (including phenoxy) is 1. The molecule has 0 unspecified atom stereocenters. The van der Waals surface area contributed by atoms with Crippen LogP contribution in [0.1, 0.15) is 0 Å². The van der Waals surface area contributed by atoms with Crippen LogP contribution in [0.3, 0.4) is 0 Å². The highest BCUT2D eigenvalue weighted by Gasteiger charge is 2.12. The fourth-order valence-corrected chi connectivity index (χ4v) is 3.58. The maximum Gasteiger partial charge on any atom is 0.313 e. The standard InChI is InChI=1S/C21H16N4O4S/c1-29-18-5-4-12-6-13(2-3-14(12)10-18)15-7-16(9-17(8-15)25-28)20-22-21(24-23-20)30-11-19(26)27/h2-10H,11H2,1H3,(H,26,27)(H,22,23,24). The Morgan fingerprint density at radius 3 is 2.60 bits per heavy atom. The molecule has 30 heavy (non-hydrogen) atoms. The van der Waals surface area contributed by atoms with Crippen molar-refractivity contribution in [1.29, 1.82) is 0 Å². The number of thioether (sulfide) groups is 1. The number of carboxylic acid groups (broad SMARTS) is 1. The number of carbonyl (C=O) groups is 1. The van der Waals surface area contributed by atoms with Gasteiger partial charge in [0.2, 0.25) is 5.16 Å². The summed E-state index contributed by atoms with van der Waals surface area (Å²) in [5, 5.41) is 21.1. The van der Waals surface area contributed by atoms with Gasteiger partial charge in [0.15, 0.2) is 5.82 Å². The van der Waals surface area contributed by atoms with Gasteiger partial charge < -0.3 is 9.84 Å². The zero-order chi connectivity index (χ0) is 21.1. The third kappa shape index (κ3) is 4.15. The maximum absolute atomic E-state index is 11.3. The zero-order valence-electron chi connectivity index (χ0n) is 15.8. The molecule has 0 aliphatic carbocycles. The molecule has 4 rings (SSSR count). The minimum Gasteiger partial charge on any atom is -0.497 e. The van der Waals surface area contributed by atoms with Crippen LogP contribution in [0.15, 0.2) is 64.9 Å². The van der Waals surface area contributed by atoms with E-state index in [1.165, 1.54) is 0 Å². The Morgan fingerprint density at radius 2 is 1.83 bits per heavy atom. The number of methoxy groups -OCH3 is 1. The lowest BCUT2D eigenvalue weighted by Gasteiger charge is -2.08. The van der Waals surface area contributed by atoms with Gasteiger partial charge in [0, 0.05) is 5.56 Å². The summed E-state index contributed by atoms with van der Waals surface area (Å²) in [6.45, 7) is 0. The topological polar surface area (TPSA) is 118 Å². The minimum atomic E-state index is -0.949. The van der Waals surface area contributed by atoms with Crippen molar-refractivity contribution >= 4 is 34.2 Å². The molecule has 2 N–H and O–H groups in total. The summed E-state index contributed by atoms with van der Waals surface area (Å²) >= 11 is 1.01. The number of fused-ring (bicyclic) bond motifs is 1. The molecule has 0 saturated carbocycles. The number of hydrogen-bond donors (Lipinski definition) is 2. The van der Waals surface area contributed by atoms with E-state index in [0.717, 1.165) is 39.4 Å². The quantitative estimate of drug-likeness (QED) is 0.323. The zero-order valence-corrected chi connectivity index (χ0v) is 16.6. The number of aromatic amines is 1. The van der Waals surface area contributed by atoms with Crippen molar-refractivity contribution in [3.05, 3.63) is 59.5 Å². The van der Waals surface area contributed by atoms with Gasteiger partial charge >= 0.3 is 5.97 Å². The number of hydrogen-bond acceptors (Lipinski definition) is 7. The van der Waals surface area contributed by atoms with Crippen LogP contribution in [0, 0.1) is 4.91 Å². The summed E-state index contributed by atoms with van der Waals surface area (Å²) in [5.74, 6) is 0.127. The highest BCUT2D eigenvalue weighted by Crippen LogP contribution is 2.33. The Labute approximate surface area is 175 Å². The molecule has 1 aromatic heterocycles. The Hall–Kier alpha value is -3.72. The van der Waals surface area contributed by atoms with Crippen LogP contribution in [0.4, 0.5) is 5.69 Å². The lowest BCUT2D eigenvalue weighted by atomic mass is 9.98. The monoisotopic (exact) mass is 420 g/mol. The van der Waals surface area contributed by atoms with E-state index in [4.69, 9.17) is 9.84 Å². The second-order valence-corrected chi connectivity index (χ2v) is 7.38. The lowest BCUT2D eigenvalue weighted by Crippen LogP contribution is -1.97. The Balaban J connectivity index is 1.72. The highest BCUT2D eigenvalue weighted by molar-refractivity contribution is 7.99. The predicted octanol–water partition coefficient (Wildman–Crippen LogP) is 4.88. The number of aromatic nitrogens is 3. The van der Waals surface area contributed by atoms with Crippen molar-refractivity contribution < 1.29 is 14.6 Å². The molecule has 0 spiro atoms. The summed E-state index contributed by atoms with van der Waals surface area (Å²) in [6, 6.07) is 17.0. The van der Waals surface area contributed by atoms with Crippen LogP contribution in [0.5, 0.6) is 5.75 Å². The van der Waals surface area contributed by atoms with Gasteiger partial charge in [-0.25, -0.2) is 4.98 Å². The van der Waals surface area contributed by atoms with Crippen LogP contribution in [0.25, 0.3) is 33.3 Å². The molecular weight excluding hydrogens is 404 g/mol. The van der Waals surface area contributed by atoms with Crippen molar-refractivity contribution in [2.75, 3.05) is 12.9 Å². The number of aliphatic carboxylic acids is 1. The molecule has 0 amide bonds. The summed E-state index contributed by atoms with van der Waals surface area (Å²) in [7, 11) is 1.63. The summed E-state index contributed by atoms with van der Waals surface area (Å²) < 4.78 is 5.27. The van der Waals surface area contributed by atoms with Crippen molar-refractivity contribution in [3.63, 3.8) is 0 Å². The number of H-pyrrole nitrogens is 1. The normalized spacial score (nSPS) is 10.8. The molecule has 0 aliphatic rings. The maximum atomic E-state index is 11.3. The second kappa shape index (κ2) is 8.34. The fraction of sp³-hybridized carbons (Fsp3) is 0.0952. The van der Waals surface area contributed by atoms with E-state index in [9.17, 15) is 9.70 Å². The van der Waals surface area contributed by atoms with Gasteiger partial charge in [0.1, 0.15) is 11.4 Å². The van der Waals surface area contributed by atoms with E-state index in [0.29, 0.717) is 16.5 Å². The molecule has 3 aromatic carbocycles. The molecule has 8 nitrogen and oxygen atoms in total. The fourth-order valence-electron chi connectivity index (χ4n) is 3.06. The predicted molar refractivity (Wildman–Crippen MR) is 115 cm³/mol. The Morgan fingerprint density at radius 1 is 1.07 bits per heavy atom. The number of nitrogens with one attached hydrogen (secondary N) is 1. The van der Waals surface area contributed by atoms with Crippen LogP contribution in [-0.2, 0) is 4.79 Å². The van der Waals surface area contributed by atoms with E-state index < -0.39 is 5.97 Å². The van der Waals surface area contributed by atoms with Crippen molar-refractivity contribution in [1.82, 2.24) is 15.2 Å². The van der Waals surface area contributed by atoms with Gasteiger partial charge in [0.05, 0.1) is 12.9 Å². The first-order valence-corrected chi connectivity index (χ1v) is 9.88. The van der Waals surface area contributed by atoms with E-state index in [1.54, 1.807) is 19.2 Å². The summed E-state index contributed by atoms with van der Waals surface area (Å²) in [6.07, 6.45) is 0. The molecule has 0 radical (unpaired) electrons. The minimum absolute atomic E-state index is 0.139. The van der Waals surface area contributed by atoms with Crippen molar-refractivity contribution in [2.24, 2.45) is 5.18 Å². The first-order valence-electron chi connectivity index (χ1n) is 8.90. The summed E-state index contributed by atoms with van der Waals surface area (Å²) in [5.41, 5.74) is 2.61. The molecule has 0 aliphatic heterocycles. The van der Waals surface area contributed by atoms with E-state index in [2.05, 4.69) is 20.4 Å². The largest absolute Gasteiger partial charge is 0.497 e. The van der Waals surface area contributed by atoms with Gasteiger partial charge in [-0.3, -0.25) is 9.89 Å². The van der Waals surface area contributed by atoms with Gasteiger partial charge in [-0.05, 0) is 63.5 Å². The molecule has 4 aromatic rings. The van der Waals surface area contributed by atoms with Crippen molar-refractivity contribution in [3.8, 4) is 28.3 Å². The van der Waals surface area contributed by atoms with Gasteiger partial charge in [-0.1, -0.05) is 30.0 Å². The van der Waals surface area contributed by atoms with Gasteiger partial charge in [-0.15, -0.1) is 10.0 Å². The second-order valence-electron chi connectivity index (χ2n) is 6.44. The van der Waals surface area contributed by atoms with Gasteiger partial charge in [0.25, 0.3) is 0 Å². The van der Waals surface area contributed by atoms with Crippen molar-refractivity contribution in [2.45, 2.75) is 5.16 Å². The smallest absolute Gasteiger partial charge is 0.313 e. The molecule has 0 saturated heterocycles. The van der Waals surface area contributed by atoms with E-state index in [1.807, 2.05) is 42.5 Å². The van der Waals surface area contributed by atoms with E-state index >= 15 is 0 Å². The first-order chi connectivity index (χ1) is 14.6. The van der Waals surface area contributed by atoms with E-state index in [-0.39, 0.29) is 11.4 Å². The van der Waals surface area contributed by atoms with Crippen LogP contribution >= 0.6 is 11.8 Å². The summed E-state index contributed by atoms with van der Waals surface area (Å²) in [4.78, 5) is 26.3. The molecular formula is C21H16N4O4S. The van der Waals surface area contributed by atoms with Crippen LogP contribution in [0.2, 0.25) is 0 Å². The molecule has 0 atom stereocenters. The highest BCUT2D eigenvalue weighted by atomic mass is 32.2. The molecule has 150 valence electrons. The Kier molecular flexibility index (Phi) is 5.44. The lowest BCUT2D eigenvalue weighted by molar-refractivity contribution is -0.133. The molecule has 0 bridgehead atoms. The van der Waals surface area contributed by atoms with Gasteiger partial charge in [-0.2, -0.15) is 0 Å². The molecule has 1 heterocycles. The Bertz CT molecular complexity index is 1250. The molecule has 0 fully saturated rings. The number of carboxylic acids is 1. The number of nitrogens with zero attached hydrogens (tertiary/aromatic N) is 3. The molecule has 9 heteroatoms. The third-order valence-electron chi connectivity index (χ3n) is 4.47. The van der Waals surface area contributed by atoms with Crippen LogP contribution < -0.4 is 4.74 Å². The van der Waals surface area contributed by atoms with Crippen LogP contribution in [-0.4, -0.2) is 39.1 Å². The third-order valence-corrected chi connectivity index (χ3v) is 5.30. The number of rotatable bonds is 7. The SMILES string of the molecule is COc1ccc2cc(-c3cc(N=O)cc(-c4nc(SCC(=O)O)n[nH]4)c3)ccc2c1. The average molecular weight is 420 g/mol. The number of nitroso groups, excluding NO2 is 1.